The number of hydrogen-bond acceptors (Lipinski definition) is 9. The highest BCUT2D eigenvalue weighted by atomic mass is 32.2. The second-order valence-corrected chi connectivity index (χ2v) is 6.91. The maximum atomic E-state index is 12.5. The first kappa shape index (κ1) is 20.8. The maximum Gasteiger partial charge on any atom is 0.318 e. The van der Waals surface area contributed by atoms with Gasteiger partial charge in [-0.05, 0) is 30.0 Å². The van der Waals surface area contributed by atoms with Gasteiger partial charge in [-0.3, -0.25) is 34.7 Å². The van der Waals surface area contributed by atoms with Gasteiger partial charge in [-0.25, -0.2) is 0 Å². The van der Waals surface area contributed by atoms with Gasteiger partial charge < -0.3 is 9.84 Å². The van der Waals surface area contributed by atoms with Crippen LogP contribution in [0, 0.1) is 20.2 Å². The largest absolute Gasteiger partial charge is 0.502 e. The van der Waals surface area contributed by atoms with Gasteiger partial charge in [0.05, 0.1) is 27.4 Å². The fourth-order valence-corrected chi connectivity index (χ4v) is 3.44. The number of carbonyl (C=O) groups is 2. The molecule has 0 aromatic heterocycles. The molecule has 30 heavy (non-hydrogen) atoms. The van der Waals surface area contributed by atoms with Gasteiger partial charge in [0.25, 0.3) is 16.8 Å². The molecule has 1 fully saturated rings. The van der Waals surface area contributed by atoms with Gasteiger partial charge in [0.15, 0.2) is 0 Å². The lowest BCUT2D eigenvalue weighted by molar-refractivity contribution is -0.394. The van der Waals surface area contributed by atoms with Gasteiger partial charge >= 0.3 is 5.69 Å². The van der Waals surface area contributed by atoms with Crippen molar-refractivity contribution >= 4 is 40.4 Å². The summed E-state index contributed by atoms with van der Waals surface area (Å²) in [4.78, 5) is 45.7. The Labute approximate surface area is 172 Å². The number of thioether (sulfide) groups is 1. The number of non-ortho nitro benzene ring substituents is 1. The first-order chi connectivity index (χ1) is 14.3. The molecule has 1 aliphatic heterocycles. The van der Waals surface area contributed by atoms with Crippen molar-refractivity contribution in [3.05, 3.63) is 73.2 Å². The van der Waals surface area contributed by atoms with E-state index in [2.05, 4.69) is 0 Å². The Morgan fingerprint density at radius 2 is 1.80 bits per heavy atom. The van der Waals surface area contributed by atoms with Crippen molar-refractivity contribution < 1.29 is 29.3 Å². The third-order valence-electron chi connectivity index (χ3n) is 4.00. The highest BCUT2D eigenvalue weighted by Crippen LogP contribution is 2.38. The monoisotopic (exact) mass is 431 g/mol. The number of amides is 2. The molecule has 12 heteroatoms. The van der Waals surface area contributed by atoms with Crippen molar-refractivity contribution in [3.8, 4) is 11.5 Å². The van der Waals surface area contributed by atoms with Gasteiger partial charge in [-0.2, -0.15) is 0 Å². The summed E-state index contributed by atoms with van der Waals surface area (Å²) in [6.07, 6.45) is 1.01. The number of carbonyl (C=O) groups excluding carboxylic acids is 2. The molecule has 0 unspecified atom stereocenters. The molecule has 0 radical (unpaired) electrons. The van der Waals surface area contributed by atoms with Crippen LogP contribution in [-0.4, -0.2) is 44.2 Å². The fraction of sp³-hybridized carbons (Fsp3) is 0.111. The van der Waals surface area contributed by atoms with Crippen LogP contribution in [0.15, 0.2) is 47.4 Å². The zero-order valence-corrected chi connectivity index (χ0v) is 15.9. The molecule has 0 spiro atoms. The summed E-state index contributed by atoms with van der Waals surface area (Å²) < 4.78 is 5.46. The summed E-state index contributed by atoms with van der Waals surface area (Å²) >= 11 is 0.552. The predicted molar refractivity (Wildman–Crippen MR) is 106 cm³/mol. The summed E-state index contributed by atoms with van der Waals surface area (Å²) in [7, 11) is 0. The first-order valence-corrected chi connectivity index (χ1v) is 9.18. The average Bonchev–Trinajstić information content (AvgIpc) is 2.97. The predicted octanol–water partition coefficient (Wildman–Crippen LogP) is 3.32. The molecule has 0 saturated carbocycles. The minimum atomic E-state index is -0.980. The average molecular weight is 431 g/mol. The van der Waals surface area contributed by atoms with Crippen molar-refractivity contribution in [2.45, 2.75) is 0 Å². The van der Waals surface area contributed by atoms with E-state index in [1.807, 2.05) is 6.07 Å². The van der Waals surface area contributed by atoms with E-state index in [1.165, 1.54) is 0 Å². The minimum Gasteiger partial charge on any atom is -0.502 e. The number of hydrogen-bond donors (Lipinski definition) is 1. The fourth-order valence-electron chi connectivity index (χ4n) is 2.59. The van der Waals surface area contributed by atoms with Gasteiger partial charge in [0.1, 0.15) is 12.4 Å². The lowest BCUT2D eigenvalue weighted by Gasteiger charge is -2.13. The molecule has 2 aromatic carbocycles. The molecule has 0 bridgehead atoms. The lowest BCUT2D eigenvalue weighted by atomic mass is 10.1. The lowest BCUT2D eigenvalue weighted by Crippen LogP contribution is -2.32. The molecule has 3 rings (SSSR count). The minimum absolute atomic E-state index is 0.0437. The van der Waals surface area contributed by atoms with Crippen LogP contribution in [0.1, 0.15) is 5.56 Å². The Hall–Kier alpha value is -3.93. The number of nitro groups is 2. The maximum absolute atomic E-state index is 12.5. The molecule has 0 atom stereocenters. The van der Waals surface area contributed by atoms with Crippen LogP contribution in [0.5, 0.6) is 11.5 Å². The quantitative estimate of drug-likeness (QED) is 0.395. The van der Waals surface area contributed by atoms with E-state index in [4.69, 9.17) is 4.74 Å². The molecule has 2 aromatic rings. The van der Waals surface area contributed by atoms with Crippen LogP contribution < -0.4 is 4.74 Å². The standard InChI is InChI=1S/C18H13N3O8S/c22-16-11(8-12(20(25)26)10-14(16)21(27)28)9-15-17(23)19(18(24)30-15)6-7-29-13-4-2-1-3-5-13/h1-5,8-10,22H,6-7H2/b15-9-. The molecule has 11 nitrogen and oxygen atoms in total. The second-order valence-electron chi connectivity index (χ2n) is 5.91. The zero-order chi connectivity index (χ0) is 21.8. The Morgan fingerprint density at radius 1 is 1.10 bits per heavy atom. The smallest absolute Gasteiger partial charge is 0.318 e. The van der Waals surface area contributed by atoms with Crippen molar-refractivity contribution in [1.82, 2.24) is 4.90 Å². The van der Waals surface area contributed by atoms with Crippen LogP contribution in [0.25, 0.3) is 6.08 Å². The molecule has 1 heterocycles. The summed E-state index contributed by atoms with van der Waals surface area (Å²) in [5.41, 5.74) is -1.84. The van der Waals surface area contributed by atoms with Crippen molar-refractivity contribution in [2.75, 3.05) is 13.2 Å². The van der Waals surface area contributed by atoms with Gasteiger partial charge in [-0.1, -0.05) is 18.2 Å². The number of nitro benzene ring substituents is 2. The Kier molecular flexibility index (Phi) is 5.97. The Morgan fingerprint density at radius 3 is 2.43 bits per heavy atom. The number of aromatic hydroxyl groups is 1. The van der Waals surface area contributed by atoms with E-state index in [0.29, 0.717) is 23.6 Å². The van der Waals surface area contributed by atoms with Gasteiger partial charge in [0, 0.05) is 11.6 Å². The second kappa shape index (κ2) is 8.61. The van der Waals surface area contributed by atoms with Crippen molar-refractivity contribution in [1.29, 1.82) is 0 Å². The van der Waals surface area contributed by atoms with Crippen molar-refractivity contribution in [3.63, 3.8) is 0 Å². The van der Waals surface area contributed by atoms with E-state index in [0.717, 1.165) is 17.0 Å². The molecule has 0 aliphatic carbocycles. The molecule has 1 N–H and O–H groups in total. The molecule has 1 aliphatic rings. The number of para-hydroxylation sites is 1. The summed E-state index contributed by atoms with van der Waals surface area (Å²) in [5.74, 6) is -0.978. The Bertz CT molecular complexity index is 1070. The van der Waals surface area contributed by atoms with E-state index in [9.17, 15) is 34.9 Å². The number of rotatable bonds is 7. The third kappa shape index (κ3) is 4.38. The van der Waals surface area contributed by atoms with Gasteiger partial charge in [0.2, 0.25) is 5.75 Å². The molecular weight excluding hydrogens is 418 g/mol. The normalized spacial score (nSPS) is 14.9. The molecule has 1 saturated heterocycles. The number of ether oxygens (including phenoxy) is 1. The zero-order valence-electron chi connectivity index (χ0n) is 15.1. The highest BCUT2D eigenvalue weighted by Gasteiger charge is 2.35. The van der Waals surface area contributed by atoms with Crippen LogP contribution in [-0.2, 0) is 4.79 Å². The molecule has 154 valence electrons. The Balaban J connectivity index is 1.81. The van der Waals surface area contributed by atoms with Crippen LogP contribution >= 0.6 is 11.8 Å². The molecular formula is C18H13N3O8S. The van der Waals surface area contributed by atoms with Crippen LogP contribution in [0.3, 0.4) is 0 Å². The number of imide groups is 1. The summed E-state index contributed by atoms with van der Waals surface area (Å²) in [6, 6.07) is 10.3. The van der Waals surface area contributed by atoms with Crippen LogP contribution in [0.2, 0.25) is 0 Å². The summed E-state index contributed by atoms with van der Waals surface area (Å²) in [5, 5.41) is 31.5. The number of benzene rings is 2. The number of phenolic OH excluding ortho intramolecular Hbond substituents is 1. The van der Waals surface area contributed by atoms with E-state index in [-0.39, 0.29) is 23.6 Å². The number of phenols is 1. The van der Waals surface area contributed by atoms with Gasteiger partial charge in [-0.15, -0.1) is 0 Å². The third-order valence-corrected chi connectivity index (χ3v) is 4.91. The topological polar surface area (TPSA) is 153 Å². The van der Waals surface area contributed by atoms with Crippen molar-refractivity contribution in [2.24, 2.45) is 0 Å². The first-order valence-electron chi connectivity index (χ1n) is 8.37. The van der Waals surface area contributed by atoms with E-state index < -0.39 is 38.1 Å². The van der Waals surface area contributed by atoms with E-state index in [1.54, 1.807) is 24.3 Å². The van der Waals surface area contributed by atoms with E-state index >= 15 is 0 Å². The SMILES string of the molecule is O=C1S/C(=C\c2cc([N+](=O)[O-])cc([N+](=O)[O-])c2O)C(=O)N1CCOc1ccccc1. The summed E-state index contributed by atoms with van der Waals surface area (Å²) in [6.45, 7) is 0.000826. The van der Waals surface area contributed by atoms with Crippen LogP contribution in [0.4, 0.5) is 16.2 Å². The highest BCUT2D eigenvalue weighted by molar-refractivity contribution is 8.18. The molecule has 2 amide bonds. The number of nitrogens with zero attached hydrogens (tertiary/aromatic N) is 3.